The van der Waals surface area contributed by atoms with Crippen LogP contribution in [0.25, 0.3) is 0 Å². The molecule has 0 spiro atoms. The summed E-state index contributed by atoms with van der Waals surface area (Å²) in [6.07, 6.45) is 0. The van der Waals surface area contributed by atoms with E-state index in [9.17, 15) is 9.18 Å². The zero-order chi connectivity index (χ0) is 15.5. The van der Waals surface area contributed by atoms with Crippen LogP contribution in [-0.2, 0) is 11.3 Å². The van der Waals surface area contributed by atoms with Crippen LogP contribution in [0.4, 0.5) is 15.8 Å². The number of carbonyl (C=O) groups excluding carboxylic acids is 1. The summed E-state index contributed by atoms with van der Waals surface area (Å²) in [5, 5.41) is 6.38. The van der Waals surface area contributed by atoms with Gasteiger partial charge in [-0.15, -0.1) is 0 Å². The van der Waals surface area contributed by atoms with E-state index in [1.807, 2.05) is 24.3 Å². The third-order valence-corrected chi connectivity index (χ3v) is 3.74. The molecule has 1 aliphatic rings. The molecule has 22 heavy (non-hydrogen) atoms. The van der Waals surface area contributed by atoms with Crippen molar-refractivity contribution in [2.24, 2.45) is 0 Å². The number of hydrogen-bond donors (Lipinski definition) is 2. The van der Waals surface area contributed by atoms with Gasteiger partial charge >= 0.3 is 0 Å². The Labute approximate surface area is 132 Å². The van der Waals surface area contributed by atoms with E-state index < -0.39 is 0 Å². The van der Waals surface area contributed by atoms with E-state index in [1.165, 1.54) is 12.1 Å². The second kappa shape index (κ2) is 6.11. The number of para-hydroxylation sites is 2. The van der Waals surface area contributed by atoms with Gasteiger partial charge in [0.05, 0.1) is 11.4 Å². The summed E-state index contributed by atoms with van der Waals surface area (Å²) < 4.78 is 12.9. The molecule has 0 saturated carbocycles. The summed E-state index contributed by atoms with van der Waals surface area (Å²) in [6.45, 7) is 0.645. The van der Waals surface area contributed by atoms with E-state index in [1.54, 1.807) is 17.0 Å². The molecule has 0 unspecified atom stereocenters. The SMILES string of the molecule is O=C1CN(C(=S)NCc2ccc(F)cc2)c2ccccc2N1. The van der Waals surface area contributed by atoms with Gasteiger partial charge in [-0.1, -0.05) is 24.3 Å². The van der Waals surface area contributed by atoms with E-state index in [0.29, 0.717) is 11.7 Å². The average molecular weight is 315 g/mol. The molecule has 0 bridgehead atoms. The van der Waals surface area contributed by atoms with E-state index in [0.717, 1.165) is 16.9 Å². The number of nitrogens with zero attached hydrogens (tertiary/aromatic N) is 1. The number of halogens is 1. The number of fused-ring (bicyclic) bond motifs is 1. The number of rotatable bonds is 2. The Hall–Kier alpha value is -2.47. The lowest BCUT2D eigenvalue weighted by atomic mass is 10.2. The molecule has 1 aliphatic heterocycles. The summed E-state index contributed by atoms with van der Waals surface area (Å²) in [5.41, 5.74) is 2.52. The zero-order valence-corrected chi connectivity index (χ0v) is 12.5. The third kappa shape index (κ3) is 3.07. The maximum atomic E-state index is 12.9. The van der Waals surface area contributed by atoms with Crippen LogP contribution in [0.1, 0.15) is 5.56 Å². The summed E-state index contributed by atoms with van der Waals surface area (Å²) in [7, 11) is 0. The van der Waals surface area contributed by atoms with Crippen LogP contribution in [0.3, 0.4) is 0 Å². The lowest BCUT2D eigenvalue weighted by Gasteiger charge is -2.31. The van der Waals surface area contributed by atoms with Crippen LogP contribution < -0.4 is 15.5 Å². The number of thiocarbonyl (C=S) groups is 1. The van der Waals surface area contributed by atoms with Gasteiger partial charge in [-0.3, -0.25) is 4.79 Å². The minimum absolute atomic E-state index is 0.107. The highest BCUT2D eigenvalue weighted by Gasteiger charge is 2.24. The first-order valence-corrected chi connectivity index (χ1v) is 7.23. The second-order valence-electron chi connectivity index (χ2n) is 4.94. The fourth-order valence-electron chi connectivity index (χ4n) is 2.29. The zero-order valence-electron chi connectivity index (χ0n) is 11.7. The Morgan fingerprint density at radius 3 is 2.73 bits per heavy atom. The van der Waals surface area contributed by atoms with Crippen molar-refractivity contribution < 1.29 is 9.18 Å². The fourth-order valence-corrected chi connectivity index (χ4v) is 2.52. The van der Waals surface area contributed by atoms with E-state index in [-0.39, 0.29) is 18.3 Å². The standard InChI is InChI=1S/C16H14FN3OS/c17-12-7-5-11(6-8-12)9-18-16(22)20-10-15(21)19-13-3-1-2-4-14(13)20/h1-8H,9-10H2,(H,18,22)(H,19,21). The maximum absolute atomic E-state index is 12.9. The predicted molar refractivity (Wildman–Crippen MR) is 88.3 cm³/mol. The van der Waals surface area contributed by atoms with Crippen molar-refractivity contribution in [2.45, 2.75) is 6.54 Å². The highest BCUT2D eigenvalue weighted by atomic mass is 32.1. The molecule has 112 valence electrons. The van der Waals surface area contributed by atoms with Crippen molar-refractivity contribution in [3.05, 3.63) is 59.9 Å². The monoisotopic (exact) mass is 315 g/mol. The number of hydrogen-bond acceptors (Lipinski definition) is 2. The molecule has 4 nitrogen and oxygen atoms in total. The molecule has 0 aliphatic carbocycles. The van der Waals surface area contributed by atoms with Gasteiger partial charge in [-0.25, -0.2) is 4.39 Å². The Kier molecular flexibility index (Phi) is 4.02. The van der Waals surface area contributed by atoms with E-state index in [2.05, 4.69) is 10.6 Å². The highest BCUT2D eigenvalue weighted by molar-refractivity contribution is 7.80. The van der Waals surface area contributed by atoms with Gasteiger partial charge in [0.1, 0.15) is 12.4 Å². The fraction of sp³-hybridized carbons (Fsp3) is 0.125. The van der Waals surface area contributed by atoms with Crippen LogP contribution in [0, 0.1) is 5.82 Å². The van der Waals surface area contributed by atoms with Gasteiger partial charge in [0.25, 0.3) is 0 Å². The van der Waals surface area contributed by atoms with Crippen LogP contribution in [0.15, 0.2) is 48.5 Å². The van der Waals surface area contributed by atoms with Crippen LogP contribution in [0.2, 0.25) is 0 Å². The molecular formula is C16H14FN3OS. The molecule has 0 fully saturated rings. The van der Waals surface area contributed by atoms with Crippen molar-refractivity contribution >= 4 is 34.6 Å². The molecule has 3 rings (SSSR count). The molecule has 1 heterocycles. The quantitative estimate of drug-likeness (QED) is 0.836. The number of nitrogens with one attached hydrogen (secondary N) is 2. The van der Waals surface area contributed by atoms with E-state index in [4.69, 9.17) is 12.2 Å². The largest absolute Gasteiger partial charge is 0.358 e. The van der Waals surface area contributed by atoms with Crippen molar-refractivity contribution in [3.63, 3.8) is 0 Å². The normalized spacial score (nSPS) is 13.3. The molecule has 2 N–H and O–H groups in total. The molecule has 1 amide bonds. The Bertz CT molecular complexity index is 718. The second-order valence-corrected chi connectivity index (χ2v) is 5.32. The Balaban J connectivity index is 1.72. The van der Waals surface area contributed by atoms with Gasteiger partial charge in [0.15, 0.2) is 5.11 Å². The molecule has 2 aromatic rings. The molecule has 0 saturated heterocycles. The van der Waals surface area contributed by atoms with Crippen molar-refractivity contribution in [2.75, 3.05) is 16.8 Å². The highest BCUT2D eigenvalue weighted by Crippen LogP contribution is 2.28. The van der Waals surface area contributed by atoms with Gasteiger partial charge in [0, 0.05) is 6.54 Å². The molecular weight excluding hydrogens is 301 g/mol. The van der Waals surface area contributed by atoms with Crippen LogP contribution >= 0.6 is 12.2 Å². The smallest absolute Gasteiger partial charge is 0.244 e. The van der Waals surface area contributed by atoms with E-state index >= 15 is 0 Å². The number of benzene rings is 2. The molecule has 0 aromatic heterocycles. The molecule has 0 atom stereocenters. The predicted octanol–water partition coefficient (Wildman–Crippen LogP) is 2.66. The number of anilines is 2. The number of carbonyl (C=O) groups is 1. The molecule has 0 radical (unpaired) electrons. The Morgan fingerprint density at radius 1 is 1.23 bits per heavy atom. The lowest BCUT2D eigenvalue weighted by molar-refractivity contribution is -0.115. The lowest BCUT2D eigenvalue weighted by Crippen LogP contribution is -2.46. The van der Waals surface area contributed by atoms with Crippen molar-refractivity contribution in [1.82, 2.24) is 5.32 Å². The minimum atomic E-state index is -0.270. The first kappa shape index (κ1) is 14.5. The maximum Gasteiger partial charge on any atom is 0.244 e. The topological polar surface area (TPSA) is 44.4 Å². The average Bonchev–Trinajstić information content (AvgIpc) is 2.53. The van der Waals surface area contributed by atoms with Gasteiger partial charge in [-0.2, -0.15) is 0 Å². The third-order valence-electron chi connectivity index (χ3n) is 3.37. The summed E-state index contributed by atoms with van der Waals surface area (Å²) in [4.78, 5) is 13.5. The first-order chi connectivity index (χ1) is 10.6. The molecule has 6 heteroatoms. The first-order valence-electron chi connectivity index (χ1n) is 6.82. The number of amides is 1. The van der Waals surface area contributed by atoms with Crippen molar-refractivity contribution in [3.8, 4) is 0 Å². The van der Waals surface area contributed by atoms with Crippen LogP contribution in [0.5, 0.6) is 0 Å². The Morgan fingerprint density at radius 2 is 1.95 bits per heavy atom. The molecule has 2 aromatic carbocycles. The van der Waals surface area contributed by atoms with Gasteiger partial charge < -0.3 is 15.5 Å². The summed E-state index contributed by atoms with van der Waals surface area (Å²) >= 11 is 5.39. The van der Waals surface area contributed by atoms with Crippen LogP contribution in [-0.4, -0.2) is 17.6 Å². The summed E-state index contributed by atoms with van der Waals surface area (Å²) in [5.74, 6) is -0.377. The van der Waals surface area contributed by atoms with Crippen molar-refractivity contribution in [1.29, 1.82) is 0 Å². The van der Waals surface area contributed by atoms with Gasteiger partial charge in [-0.05, 0) is 42.0 Å². The summed E-state index contributed by atoms with van der Waals surface area (Å²) in [6, 6.07) is 13.7. The minimum Gasteiger partial charge on any atom is -0.358 e. The van der Waals surface area contributed by atoms with Gasteiger partial charge in [0.2, 0.25) is 5.91 Å².